The predicted octanol–water partition coefficient (Wildman–Crippen LogP) is 7.90. The van der Waals surface area contributed by atoms with Gasteiger partial charge < -0.3 is 25.6 Å². The lowest BCUT2D eigenvalue weighted by atomic mass is 9.69. The molecular formula is C52H62FN11O6S. The molecule has 0 radical (unpaired) electrons. The summed E-state index contributed by atoms with van der Waals surface area (Å²) in [6.07, 6.45) is 9.47. The van der Waals surface area contributed by atoms with E-state index in [0.29, 0.717) is 63.7 Å². The lowest BCUT2D eigenvalue weighted by Gasteiger charge is -2.36. The quantitative estimate of drug-likeness (QED) is 0.0740. The van der Waals surface area contributed by atoms with Crippen LogP contribution in [0.25, 0.3) is 16.9 Å². The number of anilines is 2. The molecule has 4 amide bonds. The van der Waals surface area contributed by atoms with Crippen LogP contribution < -0.4 is 26.0 Å². The lowest BCUT2D eigenvalue weighted by Crippen LogP contribution is -2.52. The van der Waals surface area contributed by atoms with Gasteiger partial charge in [0.15, 0.2) is 5.75 Å². The van der Waals surface area contributed by atoms with Crippen LogP contribution in [-0.4, -0.2) is 87.8 Å². The number of nitrogens with zero attached hydrogens (tertiary/aromatic N) is 6. The normalized spacial score (nSPS) is 19.7. The van der Waals surface area contributed by atoms with Crippen LogP contribution >= 0.6 is 0 Å². The minimum Gasteiger partial charge on any atom is -0.485 e. The Labute approximate surface area is 415 Å². The van der Waals surface area contributed by atoms with Crippen molar-refractivity contribution in [3.8, 4) is 17.0 Å². The Morgan fingerprint density at radius 3 is 2.38 bits per heavy atom. The Kier molecular flexibility index (Phi) is 16.9. The number of ether oxygens (including phenoxy) is 1. The summed E-state index contributed by atoms with van der Waals surface area (Å²) in [7, 11) is 0.251. The average Bonchev–Trinajstić information content (AvgIpc) is 4.12. The van der Waals surface area contributed by atoms with Crippen molar-refractivity contribution in [1.82, 2.24) is 50.6 Å². The zero-order valence-electron chi connectivity index (χ0n) is 41.2. The molecule has 5 N–H and O–H groups in total. The first-order chi connectivity index (χ1) is 34.3. The molecule has 4 aliphatic rings. The molecule has 2 unspecified atom stereocenters. The van der Waals surface area contributed by atoms with E-state index in [4.69, 9.17) is 4.74 Å². The van der Waals surface area contributed by atoms with Crippen molar-refractivity contribution >= 4 is 51.7 Å². The molecule has 17 nitrogen and oxygen atoms in total. The maximum absolute atomic E-state index is 15.5. The molecular weight excluding hydrogens is 926 g/mol. The highest BCUT2D eigenvalue weighted by Gasteiger charge is 2.40. The van der Waals surface area contributed by atoms with Gasteiger partial charge in [0.05, 0.1) is 28.8 Å². The number of amides is 4. The van der Waals surface area contributed by atoms with Crippen molar-refractivity contribution in [2.75, 3.05) is 12.4 Å². The van der Waals surface area contributed by atoms with Crippen LogP contribution in [0.1, 0.15) is 113 Å². The van der Waals surface area contributed by atoms with Crippen molar-refractivity contribution in [3.05, 3.63) is 120 Å². The zero-order valence-corrected chi connectivity index (χ0v) is 42.0. The number of aromatic nitrogens is 6. The molecule has 374 valence electrons. The van der Waals surface area contributed by atoms with Gasteiger partial charge in [-0.2, -0.15) is 14.6 Å². The molecule has 6 heterocycles. The summed E-state index contributed by atoms with van der Waals surface area (Å²) in [6.45, 7) is 15.9. The number of carbonyl (C=O) groups is 4. The van der Waals surface area contributed by atoms with Crippen molar-refractivity contribution in [2.45, 2.75) is 127 Å². The van der Waals surface area contributed by atoms with Crippen molar-refractivity contribution < 1.29 is 32.5 Å². The number of fused-ring (bicyclic) bond motifs is 2. The molecule has 6 aromatic rings. The molecule has 10 rings (SSSR count). The molecule has 3 fully saturated rings. The summed E-state index contributed by atoms with van der Waals surface area (Å²) >= 11 is 0. The fourth-order valence-corrected chi connectivity index (χ4v) is 10.2. The number of hydrogen-bond donors (Lipinski definition) is 5. The number of piperidine rings is 2. The highest BCUT2D eigenvalue weighted by molar-refractivity contribution is 7.85. The second kappa shape index (κ2) is 23.2. The number of imide groups is 1. The first kappa shape index (κ1) is 51.7. The molecule has 1 saturated carbocycles. The maximum atomic E-state index is 15.5. The summed E-state index contributed by atoms with van der Waals surface area (Å²) in [6, 6.07) is 17.6. The number of carbonyl (C=O) groups excluding carboxylic acids is 4. The maximum Gasteiger partial charge on any atom is 0.255 e. The topological polar surface area (TPSA) is 218 Å². The van der Waals surface area contributed by atoms with Gasteiger partial charge in [-0.1, -0.05) is 58.5 Å². The molecule has 3 aromatic heterocycles. The smallest absolute Gasteiger partial charge is 0.255 e. The second-order valence-electron chi connectivity index (χ2n) is 17.5. The molecule has 19 heteroatoms. The third-order valence-corrected chi connectivity index (χ3v) is 13.9. The number of likely N-dealkylation sites (N-methyl/N-ethyl adjacent to an activating group) is 1. The monoisotopic (exact) mass is 987 g/mol. The average molecular weight is 988 g/mol. The van der Waals surface area contributed by atoms with E-state index in [1.807, 2.05) is 78.9 Å². The molecule has 1 aliphatic carbocycles. The van der Waals surface area contributed by atoms with Gasteiger partial charge in [-0.3, -0.25) is 29.6 Å². The Bertz CT molecular complexity index is 2930. The predicted molar refractivity (Wildman–Crippen MR) is 269 cm³/mol. The standard InChI is InChI=1S/C41H38FN9O5S.C7H12N2O.2C2H6/c1-22(2)56-37-36(28-18-44-45-19-28)43-21-51-38(37)48-41(49-51)46-33-9-7-30(17-32(33)42)57(55)29-5-3-4-23(15-29)12-24-13-26(14-24)25-6-8-31-27(16-25)20-50(40(31)54)34-10-11-35(52)47-39(34)53;1-5-6(8-2)3-4-7(10)9-5;2*1-2/h3-9,15-19,21-22,24,26,34H,10-14,20H2,1-2H3,(H,44,45)(H,46,49)(H,47,52,53);6,8H,1,3-4H2,2H3,(H,9,10);2*1-2H3/t;6-;;/m.1../s1. The van der Waals surface area contributed by atoms with Crippen LogP contribution in [0.5, 0.6) is 5.75 Å². The van der Waals surface area contributed by atoms with Crippen LogP contribution in [0.15, 0.2) is 101 Å². The Hall–Kier alpha value is -7.12. The van der Waals surface area contributed by atoms with E-state index in [9.17, 15) is 23.4 Å². The van der Waals surface area contributed by atoms with Gasteiger partial charge in [0.25, 0.3) is 5.91 Å². The minimum absolute atomic E-state index is 0.0801. The van der Waals surface area contributed by atoms with Gasteiger partial charge in [0, 0.05) is 58.2 Å². The van der Waals surface area contributed by atoms with Crippen LogP contribution in [-0.2, 0) is 38.1 Å². The summed E-state index contributed by atoms with van der Waals surface area (Å²) in [4.78, 5) is 59.4. The van der Waals surface area contributed by atoms with Gasteiger partial charge in [0.2, 0.25) is 29.3 Å². The minimum atomic E-state index is -1.62. The number of rotatable bonds is 12. The molecule has 3 atom stereocenters. The Morgan fingerprint density at radius 1 is 0.944 bits per heavy atom. The number of halogens is 1. The highest BCUT2D eigenvalue weighted by atomic mass is 32.2. The van der Waals surface area contributed by atoms with Gasteiger partial charge in [0.1, 0.15) is 23.9 Å². The first-order valence-electron chi connectivity index (χ1n) is 24.2. The number of nitrogens with one attached hydrogen (secondary N) is 5. The summed E-state index contributed by atoms with van der Waals surface area (Å²) < 4.78 is 36.7. The van der Waals surface area contributed by atoms with Crippen LogP contribution in [0.2, 0.25) is 0 Å². The van der Waals surface area contributed by atoms with Crippen LogP contribution in [0, 0.1) is 11.7 Å². The molecule has 2 saturated heterocycles. The van der Waals surface area contributed by atoms with Gasteiger partial charge in [-0.25, -0.2) is 13.6 Å². The molecule has 3 aromatic carbocycles. The molecule has 3 aliphatic heterocycles. The summed E-state index contributed by atoms with van der Waals surface area (Å²) in [5, 5.41) is 22.2. The van der Waals surface area contributed by atoms with Gasteiger partial charge in [-0.15, -0.1) is 5.10 Å². The van der Waals surface area contributed by atoms with Gasteiger partial charge in [-0.05, 0) is 118 Å². The SMILES string of the molecule is C=C1NC(=O)CC[C@H]1NC.CC.CC.CC(C)Oc1c(-c2cn[nH]c2)ncn2nc(Nc3ccc(S(=O)c4cccc(CC5CC(c6ccc7c(c6)CN(C6CCC(=O)NC6=O)C7=O)C5)c4)cc3F)nc12. The van der Waals surface area contributed by atoms with Crippen molar-refractivity contribution in [1.29, 1.82) is 0 Å². The molecule has 71 heavy (non-hydrogen) atoms. The number of H-pyrrole nitrogens is 1. The molecule has 0 spiro atoms. The van der Waals surface area contributed by atoms with Crippen molar-refractivity contribution in [3.63, 3.8) is 0 Å². The lowest BCUT2D eigenvalue weighted by molar-refractivity contribution is -0.137. The van der Waals surface area contributed by atoms with E-state index in [1.165, 1.54) is 28.5 Å². The van der Waals surface area contributed by atoms with E-state index < -0.39 is 28.6 Å². The third-order valence-electron chi connectivity index (χ3n) is 12.5. The third kappa shape index (κ3) is 11.7. The van der Waals surface area contributed by atoms with Crippen LogP contribution in [0.4, 0.5) is 16.0 Å². The first-order valence-corrected chi connectivity index (χ1v) is 25.4. The van der Waals surface area contributed by atoms with Gasteiger partial charge >= 0.3 is 0 Å². The number of aromatic amines is 1. The number of hydrogen-bond acceptors (Lipinski definition) is 12. The number of benzene rings is 3. The highest BCUT2D eigenvalue weighted by Crippen LogP contribution is 2.44. The Morgan fingerprint density at radius 2 is 1.69 bits per heavy atom. The second-order valence-corrected chi connectivity index (χ2v) is 19.0. The van der Waals surface area contributed by atoms with E-state index >= 15 is 4.39 Å². The fraction of sp³-hybridized carbons (Fsp3) is 0.385. The van der Waals surface area contributed by atoms with E-state index in [1.54, 1.807) is 29.4 Å². The fourth-order valence-electron chi connectivity index (χ4n) is 9.03. The summed E-state index contributed by atoms with van der Waals surface area (Å²) in [5.74, 6) is -0.0661. The van der Waals surface area contributed by atoms with E-state index in [2.05, 4.69) is 59.2 Å². The Balaban J connectivity index is 0.000000465. The summed E-state index contributed by atoms with van der Waals surface area (Å²) in [5.41, 5.74) is 6.34. The largest absolute Gasteiger partial charge is 0.485 e. The molecule has 0 bridgehead atoms. The zero-order chi connectivity index (χ0) is 50.9. The van der Waals surface area contributed by atoms with Crippen molar-refractivity contribution in [2.24, 2.45) is 5.92 Å². The van der Waals surface area contributed by atoms with Crippen LogP contribution in [0.3, 0.4) is 0 Å². The van der Waals surface area contributed by atoms with E-state index in [0.717, 1.165) is 48.1 Å². The van der Waals surface area contributed by atoms with E-state index in [-0.39, 0.29) is 47.9 Å².